The molecule has 0 spiro atoms. The first-order valence-electron chi connectivity index (χ1n) is 5.34. The molecule has 1 unspecified atom stereocenters. The average Bonchev–Trinajstić information content (AvgIpc) is 2.60. The third-order valence-corrected chi connectivity index (χ3v) is 3.14. The summed E-state index contributed by atoms with van der Waals surface area (Å²) in [5.41, 5.74) is 0.763. The molecular formula is C10H15BrF3N3. The second-order valence-corrected chi connectivity index (χ2v) is 4.54. The fraction of sp³-hybridized carbons (Fsp3) is 0.700. The number of rotatable bonds is 5. The van der Waals surface area contributed by atoms with Gasteiger partial charge in [-0.2, -0.15) is 18.3 Å². The molecular weight excluding hydrogens is 299 g/mol. The van der Waals surface area contributed by atoms with Crippen LogP contribution in [-0.4, -0.2) is 23.0 Å². The van der Waals surface area contributed by atoms with Crippen LogP contribution in [-0.2, 0) is 6.54 Å². The minimum absolute atomic E-state index is 0.00426. The summed E-state index contributed by atoms with van der Waals surface area (Å²) in [6.45, 7) is 2.53. The van der Waals surface area contributed by atoms with Crippen LogP contribution in [0.4, 0.5) is 13.2 Å². The third kappa shape index (κ3) is 3.99. The summed E-state index contributed by atoms with van der Waals surface area (Å²) in [5, 5.41) is 7.00. The van der Waals surface area contributed by atoms with Crippen LogP contribution in [0.5, 0.6) is 0 Å². The van der Waals surface area contributed by atoms with E-state index >= 15 is 0 Å². The van der Waals surface area contributed by atoms with Crippen LogP contribution >= 0.6 is 15.9 Å². The highest BCUT2D eigenvalue weighted by Crippen LogP contribution is 2.30. The van der Waals surface area contributed by atoms with Gasteiger partial charge < -0.3 is 5.32 Å². The highest BCUT2D eigenvalue weighted by Gasteiger charge is 2.29. The van der Waals surface area contributed by atoms with E-state index in [0.717, 1.165) is 10.2 Å². The van der Waals surface area contributed by atoms with E-state index in [1.165, 1.54) is 0 Å². The van der Waals surface area contributed by atoms with Crippen LogP contribution in [0, 0.1) is 0 Å². The molecule has 0 saturated heterocycles. The van der Waals surface area contributed by atoms with E-state index in [2.05, 4.69) is 26.3 Å². The number of alkyl halides is 3. The first-order chi connectivity index (χ1) is 7.89. The number of aryl methyl sites for hydroxylation is 1. The molecule has 17 heavy (non-hydrogen) atoms. The smallest absolute Gasteiger partial charge is 0.312 e. The maximum absolute atomic E-state index is 12.2. The summed E-state index contributed by atoms with van der Waals surface area (Å²) in [7, 11) is 1.65. The molecule has 1 rings (SSSR count). The van der Waals surface area contributed by atoms with Gasteiger partial charge in [-0.3, -0.25) is 4.68 Å². The Balaban J connectivity index is 2.82. The molecule has 0 fully saturated rings. The van der Waals surface area contributed by atoms with Gasteiger partial charge >= 0.3 is 6.18 Å². The molecule has 3 nitrogen and oxygen atoms in total. The SMILES string of the molecule is CCn1ncc(Br)c1C(CCC(F)(F)F)NC. The molecule has 0 saturated carbocycles. The van der Waals surface area contributed by atoms with Crippen LogP contribution in [0.25, 0.3) is 0 Å². The Bertz CT molecular complexity index is 362. The number of hydrogen-bond acceptors (Lipinski definition) is 2. The summed E-state index contributed by atoms with van der Waals surface area (Å²) >= 11 is 3.32. The van der Waals surface area contributed by atoms with Gasteiger partial charge in [0.15, 0.2) is 0 Å². The topological polar surface area (TPSA) is 29.9 Å². The molecule has 0 aliphatic heterocycles. The minimum Gasteiger partial charge on any atom is -0.312 e. The summed E-state index contributed by atoms with van der Waals surface area (Å²) in [6, 6.07) is -0.353. The van der Waals surface area contributed by atoms with Gasteiger partial charge in [-0.15, -0.1) is 0 Å². The zero-order valence-corrected chi connectivity index (χ0v) is 11.3. The van der Waals surface area contributed by atoms with E-state index in [-0.39, 0.29) is 12.5 Å². The Hall–Kier alpha value is -0.560. The molecule has 1 atom stereocenters. The van der Waals surface area contributed by atoms with Crippen molar-refractivity contribution in [3.05, 3.63) is 16.4 Å². The van der Waals surface area contributed by atoms with Gasteiger partial charge in [0.25, 0.3) is 0 Å². The quantitative estimate of drug-likeness (QED) is 0.904. The van der Waals surface area contributed by atoms with Gasteiger partial charge in [-0.25, -0.2) is 0 Å². The fourth-order valence-electron chi connectivity index (χ4n) is 1.70. The predicted octanol–water partition coefficient (Wildman–Crippen LogP) is 3.27. The second-order valence-electron chi connectivity index (χ2n) is 3.69. The molecule has 0 aliphatic carbocycles. The van der Waals surface area contributed by atoms with Gasteiger partial charge in [0, 0.05) is 13.0 Å². The maximum atomic E-state index is 12.2. The number of nitrogens with one attached hydrogen (secondary N) is 1. The van der Waals surface area contributed by atoms with Crippen molar-refractivity contribution in [2.75, 3.05) is 7.05 Å². The lowest BCUT2D eigenvalue weighted by atomic mass is 10.1. The first-order valence-corrected chi connectivity index (χ1v) is 6.13. The lowest BCUT2D eigenvalue weighted by Crippen LogP contribution is -2.23. The normalized spacial score (nSPS) is 14.0. The van der Waals surface area contributed by atoms with Crippen molar-refractivity contribution in [2.24, 2.45) is 0 Å². The molecule has 7 heteroatoms. The molecule has 98 valence electrons. The highest BCUT2D eigenvalue weighted by molar-refractivity contribution is 9.10. The second kappa shape index (κ2) is 5.86. The number of aromatic nitrogens is 2. The highest BCUT2D eigenvalue weighted by atomic mass is 79.9. The lowest BCUT2D eigenvalue weighted by molar-refractivity contribution is -0.136. The van der Waals surface area contributed by atoms with Crippen molar-refractivity contribution >= 4 is 15.9 Å². The van der Waals surface area contributed by atoms with Crippen molar-refractivity contribution in [1.29, 1.82) is 0 Å². The molecule has 1 N–H and O–H groups in total. The first kappa shape index (κ1) is 14.5. The Morgan fingerprint density at radius 2 is 2.18 bits per heavy atom. The van der Waals surface area contributed by atoms with Crippen molar-refractivity contribution in [3.63, 3.8) is 0 Å². The van der Waals surface area contributed by atoms with Crippen molar-refractivity contribution in [3.8, 4) is 0 Å². The maximum Gasteiger partial charge on any atom is 0.389 e. The van der Waals surface area contributed by atoms with Crippen LogP contribution in [0.1, 0.15) is 31.5 Å². The number of nitrogens with zero attached hydrogens (tertiary/aromatic N) is 2. The van der Waals surface area contributed by atoms with E-state index in [9.17, 15) is 13.2 Å². The standard InChI is InChI=1S/C10H15BrF3N3/c1-3-17-9(7(11)6-16-17)8(15-2)4-5-10(12,13)14/h6,8,15H,3-5H2,1-2H3. The number of halogens is 4. The monoisotopic (exact) mass is 313 g/mol. The predicted molar refractivity (Wildman–Crippen MR) is 62.7 cm³/mol. The lowest BCUT2D eigenvalue weighted by Gasteiger charge is -2.19. The Kier molecular flexibility index (Phi) is 5.00. The Morgan fingerprint density at radius 3 is 2.65 bits per heavy atom. The largest absolute Gasteiger partial charge is 0.389 e. The molecule has 0 aromatic carbocycles. The molecule has 1 aromatic heterocycles. The summed E-state index contributed by atoms with van der Waals surface area (Å²) < 4.78 is 39.1. The third-order valence-electron chi connectivity index (χ3n) is 2.53. The Morgan fingerprint density at radius 1 is 1.53 bits per heavy atom. The van der Waals surface area contributed by atoms with Crippen LogP contribution in [0.2, 0.25) is 0 Å². The van der Waals surface area contributed by atoms with Crippen LogP contribution in [0.3, 0.4) is 0 Å². The number of hydrogen-bond donors (Lipinski definition) is 1. The average molecular weight is 314 g/mol. The van der Waals surface area contributed by atoms with E-state index in [1.54, 1.807) is 17.9 Å². The molecule has 1 heterocycles. The van der Waals surface area contributed by atoms with Gasteiger partial charge in [0.1, 0.15) is 0 Å². The van der Waals surface area contributed by atoms with E-state index in [4.69, 9.17) is 0 Å². The van der Waals surface area contributed by atoms with Crippen LogP contribution < -0.4 is 5.32 Å². The fourth-order valence-corrected chi connectivity index (χ4v) is 2.27. The van der Waals surface area contributed by atoms with E-state index < -0.39 is 12.6 Å². The molecule has 0 radical (unpaired) electrons. The summed E-state index contributed by atoms with van der Waals surface area (Å²) in [6.07, 6.45) is -3.32. The van der Waals surface area contributed by atoms with E-state index in [1.807, 2.05) is 6.92 Å². The van der Waals surface area contributed by atoms with Gasteiger partial charge in [0.2, 0.25) is 0 Å². The van der Waals surface area contributed by atoms with Gasteiger partial charge in [0.05, 0.1) is 22.4 Å². The molecule has 1 aromatic rings. The zero-order valence-electron chi connectivity index (χ0n) is 9.68. The van der Waals surface area contributed by atoms with E-state index in [0.29, 0.717) is 6.54 Å². The van der Waals surface area contributed by atoms with Crippen molar-refractivity contribution in [1.82, 2.24) is 15.1 Å². The zero-order chi connectivity index (χ0) is 13.1. The Labute approximate surface area is 107 Å². The van der Waals surface area contributed by atoms with Gasteiger partial charge in [-0.05, 0) is 36.3 Å². The summed E-state index contributed by atoms with van der Waals surface area (Å²) in [5.74, 6) is 0. The molecule has 0 bridgehead atoms. The molecule has 0 amide bonds. The van der Waals surface area contributed by atoms with Crippen molar-refractivity contribution < 1.29 is 13.2 Å². The molecule has 0 aliphatic rings. The van der Waals surface area contributed by atoms with Crippen LogP contribution in [0.15, 0.2) is 10.7 Å². The van der Waals surface area contributed by atoms with Gasteiger partial charge in [-0.1, -0.05) is 0 Å². The van der Waals surface area contributed by atoms with Crippen molar-refractivity contribution in [2.45, 2.75) is 38.5 Å². The minimum atomic E-state index is -4.13. The summed E-state index contributed by atoms with van der Waals surface area (Å²) in [4.78, 5) is 0.